The second-order valence-electron chi connectivity index (χ2n) is 4.43. The van der Waals surface area contributed by atoms with Gasteiger partial charge in [0.25, 0.3) is 0 Å². The van der Waals surface area contributed by atoms with E-state index in [0.29, 0.717) is 6.04 Å². The van der Waals surface area contributed by atoms with Gasteiger partial charge in [-0.05, 0) is 31.9 Å². The molecule has 0 unspecified atom stereocenters. The zero-order valence-corrected chi connectivity index (χ0v) is 8.93. The van der Waals surface area contributed by atoms with Crippen molar-refractivity contribution in [3.05, 3.63) is 30.4 Å². The molecule has 0 aliphatic carbocycles. The molecule has 2 aliphatic heterocycles. The molecule has 0 spiro atoms. The van der Waals surface area contributed by atoms with Gasteiger partial charge < -0.3 is 0 Å². The van der Waals surface area contributed by atoms with Gasteiger partial charge in [-0.2, -0.15) is 0 Å². The van der Waals surface area contributed by atoms with E-state index in [2.05, 4.69) is 28.0 Å². The fraction of sp³-hybridized carbons (Fsp3) is 0.500. The van der Waals surface area contributed by atoms with Crippen molar-refractivity contribution in [1.82, 2.24) is 14.9 Å². The molecule has 1 aromatic rings. The molecular weight excluding hydrogens is 186 g/mol. The molecule has 3 heteroatoms. The zero-order chi connectivity index (χ0) is 10.3. The Hall–Kier alpha value is -1.22. The summed E-state index contributed by atoms with van der Waals surface area (Å²) in [6.45, 7) is 0. The van der Waals surface area contributed by atoms with Crippen LogP contribution >= 0.6 is 0 Å². The largest absolute Gasteiger partial charge is 0.296 e. The first-order valence-corrected chi connectivity index (χ1v) is 5.53. The van der Waals surface area contributed by atoms with Gasteiger partial charge in [0.05, 0.1) is 0 Å². The molecule has 0 amide bonds. The van der Waals surface area contributed by atoms with Crippen molar-refractivity contribution < 1.29 is 0 Å². The first-order chi connectivity index (χ1) is 7.36. The summed E-state index contributed by atoms with van der Waals surface area (Å²) >= 11 is 0. The number of aromatic nitrogens is 2. The second kappa shape index (κ2) is 3.42. The van der Waals surface area contributed by atoms with Gasteiger partial charge in [-0.15, -0.1) is 0 Å². The second-order valence-corrected chi connectivity index (χ2v) is 4.43. The lowest BCUT2D eigenvalue weighted by Gasteiger charge is -2.31. The summed E-state index contributed by atoms with van der Waals surface area (Å²) in [6, 6.07) is 1.36. The minimum Gasteiger partial charge on any atom is -0.296 e. The highest BCUT2D eigenvalue weighted by molar-refractivity contribution is 5.70. The van der Waals surface area contributed by atoms with Crippen molar-refractivity contribution in [3.8, 4) is 0 Å². The van der Waals surface area contributed by atoms with E-state index in [-0.39, 0.29) is 0 Å². The summed E-state index contributed by atoms with van der Waals surface area (Å²) < 4.78 is 0. The van der Waals surface area contributed by atoms with Crippen LogP contribution in [0.15, 0.2) is 24.8 Å². The molecule has 0 radical (unpaired) electrons. The molecule has 3 nitrogen and oxygen atoms in total. The molecule has 78 valence electrons. The number of rotatable bonds is 1. The monoisotopic (exact) mass is 201 g/mol. The molecule has 3 heterocycles. The van der Waals surface area contributed by atoms with Crippen LogP contribution in [0.4, 0.5) is 0 Å². The highest BCUT2D eigenvalue weighted by Gasteiger charge is 2.35. The highest BCUT2D eigenvalue weighted by Crippen LogP contribution is 2.38. The van der Waals surface area contributed by atoms with E-state index >= 15 is 0 Å². The normalized spacial score (nSPS) is 30.3. The van der Waals surface area contributed by atoms with Gasteiger partial charge in [-0.3, -0.25) is 4.90 Å². The Bertz CT molecular complexity index is 385. The summed E-state index contributed by atoms with van der Waals surface area (Å²) in [5, 5.41) is 0. The minimum absolute atomic E-state index is 0.592. The van der Waals surface area contributed by atoms with Crippen LogP contribution in [-0.4, -0.2) is 34.0 Å². The van der Waals surface area contributed by atoms with Crippen molar-refractivity contribution in [2.24, 2.45) is 0 Å². The topological polar surface area (TPSA) is 29.0 Å². The molecule has 3 rings (SSSR count). The number of hydrogen-bond acceptors (Lipinski definition) is 3. The Morgan fingerprint density at radius 3 is 2.87 bits per heavy atom. The fourth-order valence-electron chi connectivity index (χ4n) is 2.83. The molecule has 1 saturated heterocycles. The van der Waals surface area contributed by atoms with Crippen LogP contribution in [0.25, 0.3) is 5.57 Å². The van der Waals surface area contributed by atoms with Crippen LogP contribution in [0.5, 0.6) is 0 Å². The summed E-state index contributed by atoms with van der Waals surface area (Å²) in [5.41, 5.74) is 2.61. The Balaban J connectivity index is 1.97. The van der Waals surface area contributed by atoms with Gasteiger partial charge in [0.15, 0.2) is 0 Å². The van der Waals surface area contributed by atoms with Crippen molar-refractivity contribution in [3.63, 3.8) is 0 Å². The van der Waals surface area contributed by atoms with Gasteiger partial charge in [0, 0.05) is 30.0 Å². The predicted octanol–water partition coefficient (Wildman–Crippen LogP) is 1.73. The van der Waals surface area contributed by atoms with E-state index < -0.39 is 0 Å². The Morgan fingerprint density at radius 2 is 2.07 bits per heavy atom. The molecule has 2 atom stereocenters. The quantitative estimate of drug-likeness (QED) is 0.693. The third-order valence-corrected chi connectivity index (χ3v) is 3.70. The Labute approximate surface area is 89.8 Å². The lowest BCUT2D eigenvalue weighted by Crippen LogP contribution is -2.35. The molecular formula is C12H15N3. The van der Waals surface area contributed by atoms with Crippen LogP contribution in [0.1, 0.15) is 24.8 Å². The van der Waals surface area contributed by atoms with Crippen molar-refractivity contribution in [2.45, 2.75) is 31.3 Å². The van der Waals surface area contributed by atoms with Crippen LogP contribution in [0.2, 0.25) is 0 Å². The molecule has 0 saturated carbocycles. The fourth-order valence-corrected chi connectivity index (χ4v) is 2.83. The number of nitrogens with zero attached hydrogens (tertiary/aromatic N) is 3. The van der Waals surface area contributed by atoms with E-state index in [1.165, 1.54) is 30.4 Å². The summed E-state index contributed by atoms with van der Waals surface area (Å²) in [6.07, 6.45) is 11.6. The number of hydrogen-bond donors (Lipinski definition) is 0. The summed E-state index contributed by atoms with van der Waals surface area (Å²) in [5.74, 6) is 0. The predicted molar refractivity (Wildman–Crippen MR) is 59.2 cm³/mol. The maximum Gasteiger partial charge on any atom is 0.115 e. The van der Waals surface area contributed by atoms with E-state index in [9.17, 15) is 0 Å². The lowest BCUT2D eigenvalue weighted by molar-refractivity contribution is 0.267. The average Bonchev–Trinajstić information content (AvgIpc) is 2.54. The van der Waals surface area contributed by atoms with Gasteiger partial charge in [-0.25, -0.2) is 9.97 Å². The maximum atomic E-state index is 4.10. The molecule has 2 aliphatic rings. The smallest absolute Gasteiger partial charge is 0.115 e. The zero-order valence-electron chi connectivity index (χ0n) is 8.93. The van der Waals surface area contributed by atoms with Crippen LogP contribution in [0, 0.1) is 0 Å². The van der Waals surface area contributed by atoms with E-state index in [4.69, 9.17) is 0 Å². The van der Waals surface area contributed by atoms with E-state index in [1.54, 1.807) is 6.33 Å². The minimum atomic E-state index is 0.592. The number of fused-ring (bicyclic) bond motifs is 2. The summed E-state index contributed by atoms with van der Waals surface area (Å²) in [7, 11) is 2.24. The third-order valence-electron chi connectivity index (χ3n) is 3.70. The maximum absolute atomic E-state index is 4.10. The average molecular weight is 201 g/mol. The standard InChI is InChI=1S/C12H15N3/c1-15-10-2-4-11(12(15)5-3-10)9-6-13-8-14-7-9/h4,6-8,10,12H,2-3,5H2,1H3/t10-,12-/m1/s1. The van der Waals surface area contributed by atoms with Crippen molar-refractivity contribution >= 4 is 5.57 Å². The molecule has 2 bridgehead atoms. The first-order valence-electron chi connectivity index (χ1n) is 5.53. The third kappa shape index (κ3) is 1.38. The Morgan fingerprint density at radius 1 is 1.27 bits per heavy atom. The van der Waals surface area contributed by atoms with Crippen LogP contribution in [-0.2, 0) is 0 Å². The van der Waals surface area contributed by atoms with Gasteiger partial charge >= 0.3 is 0 Å². The highest BCUT2D eigenvalue weighted by atomic mass is 15.2. The lowest BCUT2D eigenvalue weighted by atomic mass is 9.97. The van der Waals surface area contributed by atoms with Gasteiger partial charge in [0.2, 0.25) is 0 Å². The molecule has 0 N–H and O–H groups in total. The van der Waals surface area contributed by atoms with Crippen LogP contribution in [0.3, 0.4) is 0 Å². The number of likely N-dealkylation sites (N-methyl/N-ethyl adjacent to an activating group) is 1. The van der Waals surface area contributed by atoms with Crippen molar-refractivity contribution in [2.75, 3.05) is 7.05 Å². The summed E-state index contributed by atoms with van der Waals surface area (Å²) in [4.78, 5) is 10.7. The molecule has 0 aromatic carbocycles. The molecule has 1 fully saturated rings. The Kier molecular flexibility index (Phi) is 2.06. The first kappa shape index (κ1) is 9.04. The SMILES string of the molecule is CN1[C@@H]2CC=C(c3cncnc3)[C@H]1CC2. The molecule has 15 heavy (non-hydrogen) atoms. The van der Waals surface area contributed by atoms with E-state index in [1.807, 2.05) is 12.4 Å². The van der Waals surface area contributed by atoms with Gasteiger partial charge in [-0.1, -0.05) is 6.08 Å². The van der Waals surface area contributed by atoms with Crippen LogP contribution < -0.4 is 0 Å². The van der Waals surface area contributed by atoms with Gasteiger partial charge in [0.1, 0.15) is 6.33 Å². The van der Waals surface area contributed by atoms with E-state index in [0.717, 1.165) is 6.04 Å². The van der Waals surface area contributed by atoms with Crippen molar-refractivity contribution in [1.29, 1.82) is 0 Å². The molecule has 1 aromatic heterocycles.